The fourth-order valence-corrected chi connectivity index (χ4v) is 2.88. The van der Waals surface area contributed by atoms with Gasteiger partial charge in [-0.05, 0) is 42.3 Å². The average Bonchev–Trinajstić information content (AvgIpc) is 2.34. The van der Waals surface area contributed by atoms with Crippen LogP contribution in [-0.4, -0.2) is 0 Å². The van der Waals surface area contributed by atoms with Gasteiger partial charge in [0, 0.05) is 9.80 Å². The molecule has 0 heterocycles. The Labute approximate surface area is 122 Å². The summed E-state index contributed by atoms with van der Waals surface area (Å²) in [5.74, 6) is 0.492. The van der Waals surface area contributed by atoms with Gasteiger partial charge in [0.15, 0.2) is 11.6 Å². The molecule has 0 aliphatic heterocycles. The highest BCUT2D eigenvalue weighted by Crippen LogP contribution is 2.29. The van der Waals surface area contributed by atoms with Crippen LogP contribution in [0.4, 0.5) is 4.39 Å². The Kier molecular flexibility index (Phi) is 4.40. The van der Waals surface area contributed by atoms with E-state index >= 15 is 0 Å². The van der Waals surface area contributed by atoms with Crippen LogP contribution < -0.4 is 4.74 Å². The Morgan fingerprint density at radius 2 is 1.94 bits per heavy atom. The van der Waals surface area contributed by atoms with Crippen LogP contribution in [-0.2, 0) is 5.33 Å². The number of benzene rings is 2. The van der Waals surface area contributed by atoms with Crippen LogP contribution in [0.5, 0.6) is 11.5 Å². The fourth-order valence-electron chi connectivity index (χ4n) is 1.52. The van der Waals surface area contributed by atoms with E-state index in [0.29, 0.717) is 5.75 Å². The third-order valence-electron chi connectivity index (χ3n) is 2.48. The van der Waals surface area contributed by atoms with Crippen molar-refractivity contribution < 1.29 is 9.13 Å². The van der Waals surface area contributed by atoms with Crippen molar-refractivity contribution in [2.75, 3.05) is 0 Å². The summed E-state index contributed by atoms with van der Waals surface area (Å²) < 4.78 is 20.0. The van der Waals surface area contributed by atoms with Crippen LogP contribution in [0.15, 0.2) is 40.9 Å². The van der Waals surface area contributed by atoms with Crippen molar-refractivity contribution in [3.63, 3.8) is 0 Å². The van der Waals surface area contributed by atoms with E-state index < -0.39 is 0 Å². The summed E-state index contributed by atoms with van der Waals surface area (Å²) in [7, 11) is 0. The molecule has 2 rings (SSSR count). The fraction of sp³-hybridized carbons (Fsp3) is 0.143. The van der Waals surface area contributed by atoms with E-state index in [1.807, 2.05) is 25.1 Å². The number of rotatable bonds is 3. The Morgan fingerprint density at radius 1 is 1.17 bits per heavy atom. The summed E-state index contributed by atoms with van der Waals surface area (Å²) in [6.07, 6.45) is 0. The summed E-state index contributed by atoms with van der Waals surface area (Å²) in [6, 6.07) is 10.4. The summed E-state index contributed by atoms with van der Waals surface area (Å²) in [6.45, 7) is 1.90. The van der Waals surface area contributed by atoms with E-state index in [9.17, 15) is 4.39 Å². The first-order chi connectivity index (χ1) is 8.60. The molecule has 1 nitrogen and oxygen atoms in total. The van der Waals surface area contributed by atoms with Crippen molar-refractivity contribution >= 4 is 31.9 Å². The predicted octanol–water partition coefficient (Wildman–Crippen LogP) is 5.58. The number of aryl methyl sites for hydroxylation is 1. The Bertz CT molecular complexity index is 570. The lowest BCUT2D eigenvalue weighted by Gasteiger charge is -2.09. The number of halogens is 3. The van der Waals surface area contributed by atoms with Gasteiger partial charge >= 0.3 is 0 Å². The number of ether oxygens (including phenoxy) is 1. The van der Waals surface area contributed by atoms with Crippen molar-refractivity contribution in [3.8, 4) is 11.5 Å². The molecule has 94 valence electrons. The van der Waals surface area contributed by atoms with Gasteiger partial charge in [0.1, 0.15) is 5.75 Å². The zero-order chi connectivity index (χ0) is 13.1. The zero-order valence-electron chi connectivity index (χ0n) is 9.71. The first kappa shape index (κ1) is 13.6. The van der Waals surface area contributed by atoms with Crippen molar-refractivity contribution in [3.05, 3.63) is 57.8 Å². The molecule has 2 aromatic carbocycles. The highest BCUT2D eigenvalue weighted by molar-refractivity contribution is 9.10. The highest BCUT2D eigenvalue weighted by atomic mass is 79.9. The molecule has 0 saturated carbocycles. The Balaban J connectivity index is 2.28. The first-order valence-electron chi connectivity index (χ1n) is 5.38. The molecular weight excluding hydrogens is 363 g/mol. The lowest BCUT2D eigenvalue weighted by molar-refractivity contribution is 0.441. The monoisotopic (exact) mass is 372 g/mol. The Morgan fingerprint density at radius 3 is 2.61 bits per heavy atom. The van der Waals surface area contributed by atoms with E-state index in [4.69, 9.17) is 4.74 Å². The minimum absolute atomic E-state index is 0.244. The van der Waals surface area contributed by atoms with E-state index in [0.717, 1.165) is 20.9 Å². The maximum absolute atomic E-state index is 13.6. The molecule has 0 unspecified atom stereocenters. The van der Waals surface area contributed by atoms with Gasteiger partial charge < -0.3 is 4.74 Å². The number of hydrogen-bond donors (Lipinski definition) is 0. The van der Waals surface area contributed by atoms with Gasteiger partial charge in [-0.15, -0.1) is 0 Å². The third kappa shape index (κ3) is 3.12. The largest absolute Gasteiger partial charge is 0.454 e. The first-order valence-corrected chi connectivity index (χ1v) is 7.30. The molecule has 0 aliphatic rings. The topological polar surface area (TPSA) is 9.23 Å². The second-order valence-electron chi connectivity index (χ2n) is 3.92. The van der Waals surface area contributed by atoms with E-state index in [2.05, 4.69) is 31.9 Å². The van der Waals surface area contributed by atoms with Gasteiger partial charge in [-0.1, -0.05) is 44.0 Å². The molecule has 0 spiro atoms. The molecule has 2 aromatic rings. The minimum Gasteiger partial charge on any atom is -0.454 e. The summed E-state index contributed by atoms with van der Waals surface area (Å²) in [5.41, 5.74) is 2.08. The maximum Gasteiger partial charge on any atom is 0.165 e. The van der Waals surface area contributed by atoms with Gasteiger partial charge in [0.2, 0.25) is 0 Å². The summed E-state index contributed by atoms with van der Waals surface area (Å²) in [5, 5.41) is 0.757. The van der Waals surface area contributed by atoms with Crippen LogP contribution in [0.1, 0.15) is 11.1 Å². The smallest absolute Gasteiger partial charge is 0.165 e. The third-order valence-corrected chi connectivity index (χ3v) is 3.83. The van der Waals surface area contributed by atoms with Crippen molar-refractivity contribution in [1.29, 1.82) is 0 Å². The molecule has 0 atom stereocenters. The normalized spacial score (nSPS) is 10.4. The van der Waals surface area contributed by atoms with Gasteiger partial charge in [0.25, 0.3) is 0 Å². The molecule has 18 heavy (non-hydrogen) atoms. The van der Waals surface area contributed by atoms with Gasteiger partial charge in [-0.25, -0.2) is 4.39 Å². The number of hydrogen-bond acceptors (Lipinski definition) is 1. The molecule has 0 aliphatic carbocycles. The second kappa shape index (κ2) is 5.85. The Hall–Kier alpha value is -0.870. The molecule has 0 fully saturated rings. The van der Waals surface area contributed by atoms with Crippen molar-refractivity contribution in [1.82, 2.24) is 0 Å². The maximum atomic E-state index is 13.6. The molecule has 0 radical (unpaired) electrons. The molecule has 0 amide bonds. The van der Waals surface area contributed by atoms with Gasteiger partial charge in [-0.2, -0.15) is 0 Å². The summed E-state index contributed by atoms with van der Waals surface area (Å²) >= 11 is 6.84. The second-order valence-corrected chi connectivity index (χ2v) is 5.34. The molecule has 4 heteroatoms. The molecule has 0 bridgehead atoms. The highest BCUT2D eigenvalue weighted by Gasteiger charge is 2.06. The van der Waals surface area contributed by atoms with Crippen LogP contribution in [0.3, 0.4) is 0 Å². The van der Waals surface area contributed by atoms with Crippen LogP contribution in [0, 0.1) is 12.7 Å². The molecule has 0 saturated heterocycles. The molecular formula is C14H11Br2FO. The van der Waals surface area contributed by atoms with Crippen LogP contribution in [0.25, 0.3) is 0 Å². The quantitative estimate of drug-likeness (QED) is 0.637. The lowest BCUT2D eigenvalue weighted by Crippen LogP contribution is -1.90. The molecule has 0 aromatic heterocycles. The number of alkyl halides is 1. The summed E-state index contributed by atoms with van der Waals surface area (Å²) in [4.78, 5) is 0. The lowest BCUT2D eigenvalue weighted by atomic mass is 10.2. The van der Waals surface area contributed by atoms with E-state index in [-0.39, 0.29) is 11.6 Å². The predicted molar refractivity (Wildman–Crippen MR) is 78.0 cm³/mol. The molecule has 0 N–H and O–H groups in total. The van der Waals surface area contributed by atoms with Crippen LogP contribution >= 0.6 is 31.9 Å². The van der Waals surface area contributed by atoms with Gasteiger partial charge in [0.05, 0.1) is 0 Å². The van der Waals surface area contributed by atoms with E-state index in [1.165, 1.54) is 6.07 Å². The average molecular weight is 374 g/mol. The van der Waals surface area contributed by atoms with E-state index in [1.54, 1.807) is 12.1 Å². The SMILES string of the molecule is Cc1ccc(F)c(Oc2ccc(CBr)c(Br)c2)c1. The minimum atomic E-state index is -0.360. The zero-order valence-corrected chi connectivity index (χ0v) is 12.9. The van der Waals surface area contributed by atoms with Crippen molar-refractivity contribution in [2.45, 2.75) is 12.3 Å². The van der Waals surface area contributed by atoms with Crippen molar-refractivity contribution in [2.24, 2.45) is 0 Å². The standard InChI is InChI=1S/C14H11Br2FO/c1-9-2-5-13(17)14(6-9)18-11-4-3-10(8-15)12(16)7-11/h2-7H,8H2,1H3. The van der Waals surface area contributed by atoms with Crippen LogP contribution in [0.2, 0.25) is 0 Å². The van der Waals surface area contributed by atoms with Gasteiger partial charge in [-0.3, -0.25) is 0 Å².